The minimum atomic E-state index is 0.725. The standard InChI is InChI=1S/C12H26N2/c1-11(8-9-13-2)14(3)10-12-6-4-5-7-12/h11-13H,4-10H2,1-3H3. The van der Waals surface area contributed by atoms with Gasteiger partial charge in [0.05, 0.1) is 0 Å². The summed E-state index contributed by atoms with van der Waals surface area (Å²) in [5.74, 6) is 0.983. The van der Waals surface area contributed by atoms with Crippen molar-refractivity contribution >= 4 is 0 Å². The summed E-state index contributed by atoms with van der Waals surface area (Å²) in [5, 5.41) is 3.22. The Morgan fingerprint density at radius 1 is 1.36 bits per heavy atom. The van der Waals surface area contributed by atoms with Crippen molar-refractivity contribution in [1.29, 1.82) is 0 Å². The second-order valence-corrected chi connectivity index (χ2v) is 4.83. The van der Waals surface area contributed by atoms with Crippen LogP contribution in [0.3, 0.4) is 0 Å². The first kappa shape index (κ1) is 12.0. The monoisotopic (exact) mass is 198 g/mol. The second kappa shape index (κ2) is 6.41. The van der Waals surface area contributed by atoms with E-state index in [1.165, 1.54) is 38.6 Å². The number of rotatable bonds is 6. The maximum atomic E-state index is 3.22. The minimum Gasteiger partial charge on any atom is -0.320 e. The summed E-state index contributed by atoms with van der Waals surface area (Å²) in [5.41, 5.74) is 0. The highest BCUT2D eigenvalue weighted by Crippen LogP contribution is 2.25. The molecular weight excluding hydrogens is 172 g/mol. The van der Waals surface area contributed by atoms with E-state index in [0.717, 1.165) is 18.5 Å². The number of hydrogen-bond acceptors (Lipinski definition) is 2. The Hall–Kier alpha value is -0.0800. The van der Waals surface area contributed by atoms with Crippen molar-refractivity contribution < 1.29 is 0 Å². The van der Waals surface area contributed by atoms with Crippen LogP contribution in [0.2, 0.25) is 0 Å². The first-order valence-electron chi connectivity index (χ1n) is 6.09. The largest absolute Gasteiger partial charge is 0.320 e. The van der Waals surface area contributed by atoms with Crippen LogP contribution in [0.1, 0.15) is 39.0 Å². The lowest BCUT2D eigenvalue weighted by Gasteiger charge is -2.27. The van der Waals surface area contributed by atoms with Crippen LogP contribution in [0.25, 0.3) is 0 Å². The van der Waals surface area contributed by atoms with E-state index in [2.05, 4.69) is 24.2 Å². The van der Waals surface area contributed by atoms with Crippen LogP contribution in [-0.2, 0) is 0 Å². The van der Waals surface area contributed by atoms with Gasteiger partial charge in [0.25, 0.3) is 0 Å². The van der Waals surface area contributed by atoms with Crippen LogP contribution in [0.4, 0.5) is 0 Å². The molecule has 1 aliphatic carbocycles. The van der Waals surface area contributed by atoms with E-state index in [1.807, 2.05) is 7.05 Å². The molecule has 14 heavy (non-hydrogen) atoms. The summed E-state index contributed by atoms with van der Waals surface area (Å²) in [6, 6.07) is 0.725. The highest BCUT2D eigenvalue weighted by molar-refractivity contribution is 4.73. The number of hydrogen-bond donors (Lipinski definition) is 1. The van der Waals surface area contributed by atoms with E-state index >= 15 is 0 Å². The molecule has 1 unspecified atom stereocenters. The van der Waals surface area contributed by atoms with Crippen molar-refractivity contribution in [2.24, 2.45) is 5.92 Å². The number of nitrogens with one attached hydrogen (secondary N) is 1. The van der Waals surface area contributed by atoms with Gasteiger partial charge >= 0.3 is 0 Å². The maximum absolute atomic E-state index is 3.22. The normalized spacial score (nSPS) is 20.6. The van der Waals surface area contributed by atoms with Crippen molar-refractivity contribution in [2.45, 2.75) is 45.1 Å². The predicted molar refractivity (Wildman–Crippen MR) is 62.6 cm³/mol. The Balaban J connectivity index is 2.15. The van der Waals surface area contributed by atoms with Crippen molar-refractivity contribution in [3.63, 3.8) is 0 Å². The molecule has 1 atom stereocenters. The van der Waals surface area contributed by atoms with Crippen LogP contribution >= 0.6 is 0 Å². The molecule has 84 valence electrons. The highest BCUT2D eigenvalue weighted by atomic mass is 15.1. The van der Waals surface area contributed by atoms with Gasteiger partial charge in [-0.05, 0) is 52.7 Å². The average Bonchev–Trinajstić information content (AvgIpc) is 2.66. The molecule has 0 aromatic heterocycles. The molecule has 2 heteroatoms. The average molecular weight is 198 g/mol. The molecule has 1 N–H and O–H groups in total. The zero-order valence-corrected chi connectivity index (χ0v) is 10.1. The predicted octanol–water partition coefficient (Wildman–Crippen LogP) is 2.11. The topological polar surface area (TPSA) is 15.3 Å². The molecule has 0 spiro atoms. The Labute approximate surface area is 89.1 Å². The van der Waals surface area contributed by atoms with E-state index in [-0.39, 0.29) is 0 Å². The molecule has 0 saturated heterocycles. The van der Waals surface area contributed by atoms with Crippen LogP contribution in [0.5, 0.6) is 0 Å². The first-order chi connectivity index (χ1) is 6.74. The molecule has 0 aromatic carbocycles. The molecule has 0 radical (unpaired) electrons. The SMILES string of the molecule is CNCCC(C)N(C)CC1CCCC1. The summed E-state index contributed by atoms with van der Waals surface area (Å²) in [7, 11) is 4.31. The molecule has 0 aromatic rings. The van der Waals surface area contributed by atoms with Crippen LogP contribution in [0, 0.1) is 5.92 Å². The van der Waals surface area contributed by atoms with Gasteiger partial charge in [-0.25, -0.2) is 0 Å². The van der Waals surface area contributed by atoms with Crippen molar-refractivity contribution in [3.8, 4) is 0 Å². The zero-order chi connectivity index (χ0) is 10.4. The molecule has 0 aliphatic heterocycles. The molecule has 1 rings (SSSR count). The molecular formula is C12H26N2. The zero-order valence-electron chi connectivity index (χ0n) is 10.1. The van der Waals surface area contributed by atoms with Gasteiger partial charge in [0.15, 0.2) is 0 Å². The molecule has 2 nitrogen and oxygen atoms in total. The maximum Gasteiger partial charge on any atom is 0.00760 e. The van der Waals surface area contributed by atoms with Crippen molar-refractivity contribution in [1.82, 2.24) is 10.2 Å². The minimum absolute atomic E-state index is 0.725. The van der Waals surface area contributed by atoms with Gasteiger partial charge in [0, 0.05) is 12.6 Å². The lowest BCUT2D eigenvalue weighted by molar-refractivity contribution is 0.210. The fourth-order valence-electron chi connectivity index (χ4n) is 2.35. The fraction of sp³-hybridized carbons (Fsp3) is 1.00. The van der Waals surface area contributed by atoms with Gasteiger partial charge in [-0.15, -0.1) is 0 Å². The smallest absolute Gasteiger partial charge is 0.00760 e. The van der Waals surface area contributed by atoms with Crippen molar-refractivity contribution in [3.05, 3.63) is 0 Å². The van der Waals surface area contributed by atoms with Crippen LogP contribution in [-0.4, -0.2) is 38.1 Å². The lowest BCUT2D eigenvalue weighted by atomic mass is 10.1. The third kappa shape index (κ3) is 3.97. The lowest BCUT2D eigenvalue weighted by Crippen LogP contribution is -2.34. The van der Waals surface area contributed by atoms with Crippen LogP contribution in [0.15, 0.2) is 0 Å². The van der Waals surface area contributed by atoms with Crippen LogP contribution < -0.4 is 5.32 Å². The van der Waals surface area contributed by atoms with E-state index in [1.54, 1.807) is 0 Å². The summed E-state index contributed by atoms with van der Waals surface area (Å²) in [4.78, 5) is 2.54. The van der Waals surface area contributed by atoms with Gasteiger partial charge in [-0.2, -0.15) is 0 Å². The quantitative estimate of drug-likeness (QED) is 0.703. The third-order valence-electron chi connectivity index (χ3n) is 3.59. The summed E-state index contributed by atoms with van der Waals surface area (Å²) < 4.78 is 0. The fourth-order valence-corrected chi connectivity index (χ4v) is 2.35. The molecule has 1 fully saturated rings. The Bertz CT molecular complexity index is 141. The van der Waals surface area contributed by atoms with E-state index in [9.17, 15) is 0 Å². The van der Waals surface area contributed by atoms with Gasteiger partial charge in [-0.1, -0.05) is 12.8 Å². The van der Waals surface area contributed by atoms with Gasteiger partial charge in [0.2, 0.25) is 0 Å². The molecule has 0 heterocycles. The molecule has 1 aliphatic rings. The number of nitrogens with zero attached hydrogens (tertiary/aromatic N) is 1. The van der Waals surface area contributed by atoms with Gasteiger partial charge in [0.1, 0.15) is 0 Å². The van der Waals surface area contributed by atoms with E-state index < -0.39 is 0 Å². The molecule has 0 amide bonds. The summed E-state index contributed by atoms with van der Waals surface area (Å²) in [6.07, 6.45) is 7.11. The molecule has 0 bridgehead atoms. The van der Waals surface area contributed by atoms with E-state index in [0.29, 0.717) is 0 Å². The summed E-state index contributed by atoms with van der Waals surface area (Å²) in [6.45, 7) is 4.79. The Morgan fingerprint density at radius 2 is 2.00 bits per heavy atom. The van der Waals surface area contributed by atoms with E-state index in [4.69, 9.17) is 0 Å². The second-order valence-electron chi connectivity index (χ2n) is 4.83. The highest BCUT2D eigenvalue weighted by Gasteiger charge is 2.18. The van der Waals surface area contributed by atoms with Crippen molar-refractivity contribution in [2.75, 3.05) is 27.2 Å². The Morgan fingerprint density at radius 3 is 2.57 bits per heavy atom. The molecule has 1 saturated carbocycles. The van der Waals surface area contributed by atoms with Gasteiger partial charge in [-0.3, -0.25) is 0 Å². The van der Waals surface area contributed by atoms with Gasteiger partial charge < -0.3 is 10.2 Å². The third-order valence-corrected chi connectivity index (χ3v) is 3.59. The summed E-state index contributed by atoms with van der Waals surface area (Å²) >= 11 is 0. The Kier molecular flexibility index (Phi) is 5.49. The first-order valence-corrected chi connectivity index (χ1v) is 6.09.